The van der Waals surface area contributed by atoms with Crippen LogP contribution in [0.25, 0.3) is 10.9 Å². The quantitative estimate of drug-likeness (QED) is 0.737. The van der Waals surface area contributed by atoms with Gasteiger partial charge in [0.05, 0.1) is 5.52 Å². The summed E-state index contributed by atoms with van der Waals surface area (Å²) < 4.78 is 11.0. The third kappa shape index (κ3) is 3.75. The van der Waals surface area contributed by atoms with Crippen LogP contribution in [-0.4, -0.2) is 22.2 Å². The Morgan fingerprint density at radius 1 is 1.08 bits per heavy atom. The SMILES string of the molecule is C[C@@H](Oc1ccc(Oc2ccc3cc(Cl)ccc3n2)cc1)C(=O)O. The van der Waals surface area contributed by atoms with Gasteiger partial charge in [0, 0.05) is 16.5 Å². The molecule has 6 heteroatoms. The van der Waals surface area contributed by atoms with E-state index in [1.807, 2.05) is 18.2 Å². The van der Waals surface area contributed by atoms with Gasteiger partial charge in [-0.3, -0.25) is 0 Å². The van der Waals surface area contributed by atoms with Crippen molar-refractivity contribution in [1.29, 1.82) is 0 Å². The van der Waals surface area contributed by atoms with E-state index in [9.17, 15) is 4.79 Å². The number of pyridine rings is 1. The number of ether oxygens (including phenoxy) is 2. The number of fused-ring (bicyclic) bond motifs is 1. The van der Waals surface area contributed by atoms with Crippen molar-refractivity contribution in [2.45, 2.75) is 13.0 Å². The lowest BCUT2D eigenvalue weighted by molar-refractivity contribution is -0.144. The van der Waals surface area contributed by atoms with E-state index in [0.29, 0.717) is 22.4 Å². The summed E-state index contributed by atoms with van der Waals surface area (Å²) in [5.74, 6) is 0.470. The van der Waals surface area contributed by atoms with Crippen molar-refractivity contribution in [1.82, 2.24) is 4.98 Å². The van der Waals surface area contributed by atoms with Gasteiger partial charge in [-0.15, -0.1) is 0 Å². The van der Waals surface area contributed by atoms with Gasteiger partial charge in [-0.25, -0.2) is 9.78 Å². The third-order valence-corrected chi connectivity index (χ3v) is 3.57. The van der Waals surface area contributed by atoms with Gasteiger partial charge in [0.2, 0.25) is 5.88 Å². The minimum Gasteiger partial charge on any atom is -0.479 e. The molecule has 0 spiro atoms. The standard InChI is InChI=1S/C18H14ClNO4/c1-11(18(21)22)23-14-4-6-15(7-5-14)24-17-9-2-12-10-13(19)3-8-16(12)20-17/h2-11H,1H3,(H,21,22)/t11-/m1/s1. The van der Waals surface area contributed by atoms with Gasteiger partial charge in [-0.05, 0) is 55.5 Å². The molecule has 0 saturated carbocycles. The molecule has 0 aliphatic heterocycles. The number of rotatable bonds is 5. The van der Waals surface area contributed by atoms with Crippen molar-refractivity contribution in [3.05, 3.63) is 59.6 Å². The van der Waals surface area contributed by atoms with Crippen molar-refractivity contribution in [3.8, 4) is 17.4 Å². The molecule has 122 valence electrons. The Labute approximate surface area is 143 Å². The molecule has 0 fully saturated rings. The topological polar surface area (TPSA) is 68.7 Å². The van der Waals surface area contributed by atoms with Crippen molar-refractivity contribution < 1.29 is 19.4 Å². The molecule has 0 amide bonds. The first-order valence-electron chi connectivity index (χ1n) is 7.25. The minimum absolute atomic E-state index is 0.456. The first kappa shape index (κ1) is 16.1. The molecule has 0 unspecified atom stereocenters. The number of aromatic nitrogens is 1. The number of hydrogen-bond acceptors (Lipinski definition) is 4. The molecule has 1 atom stereocenters. The lowest BCUT2D eigenvalue weighted by Gasteiger charge is -2.11. The molecule has 24 heavy (non-hydrogen) atoms. The molecule has 2 aromatic carbocycles. The fourth-order valence-electron chi connectivity index (χ4n) is 2.10. The van der Waals surface area contributed by atoms with Crippen LogP contribution in [0.3, 0.4) is 0 Å². The van der Waals surface area contributed by atoms with Gasteiger partial charge < -0.3 is 14.6 Å². The van der Waals surface area contributed by atoms with E-state index in [4.69, 9.17) is 26.2 Å². The molecule has 0 aliphatic rings. The summed E-state index contributed by atoms with van der Waals surface area (Å²) >= 11 is 5.95. The molecule has 3 aromatic rings. The van der Waals surface area contributed by atoms with Crippen LogP contribution in [0.4, 0.5) is 0 Å². The summed E-state index contributed by atoms with van der Waals surface area (Å²) in [6.45, 7) is 1.47. The number of carbonyl (C=O) groups is 1. The number of carboxylic acid groups (broad SMARTS) is 1. The Balaban J connectivity index is 1.74. The van der Waals surface area contributed by atoms with Gasteiger partial charge in [0.1, 0.15) is 11.5 Å². The van der Waals surface area contributed by atoms with Gasteiger partial charge in [-0.1, -0.05) is 11.6 Å². The molecule has 0 saturated heterocycles. The zero-order valence-corrected chi connectivity index (χ0v) is 13.5. The van der Waals surface area contributed by atoms with E-state index in [0.717, 1.165) is 10.9 Å². The van der Waals surface area contributed by atoms with Crippen LogP contribution in [0.2, 0.25) is 5.02 Å². The number of nitrogens with zero attached hydrogens (tertiary/aromatic N) is 1. The van der Waals surface area contributed by atoms with Crippen LogP contribution >= 0.6 is 11.6 Å². The zero-order chi connectivity index (χ0) is 17.1. The molecule has 0 bridgehead atoms. The molecule has 1 aromatic heterocycles. The molecule has 5 nitrogen and oxygen atoms in total. The molecular formula is C18H14ClNO4. The highest BCUT2D eigenvalue weighted by Gasteiger charge is 2.12. The zero-order valence-electron chi connectivity index (χ0n) is 12.8. The summed E-state index contributed by atoms with van der Waals surface area (Å²) in [4.78, 5) is 15.2. The number of aliphatic carboxylic acids is 1. The predicted octanol–water partition coefficient (Wildman–Crippen LogP) is 4.53. The Hall–Kier alpha value is -2.79. The Kier molecular flexibility index (Phi) is 4.53. The van der Waals surface area contributed by atoms with Crippen LogP contribution in [0.15, 0.2) is 54.6 Å². The Bertz CT molecular complexity index is 880. The van der Waals surface area contributed by atoms with E-state index in [-0.39, 0.29) is 0 Å². The van der Waals surface area contributed by atoms with Crippen molar-refractivity contribution in [3.63, 3.8) is 0 Å². The van der Waals surface area contributed by atoms with Gasteiger partial charge in [0.25, 0.3) is 0 Å². The van der Waals surface area contributed by atoms with E-state index in [1.54, 1.807) is 36.4 Å². The number of carboxylic acids is 1. The van der Waals surface area contributed by atoms with E-state index in [2.05, 4.69) is 4.98 Å². The fraction of sp³-hybridized carbons (Fsp3) is 0.111. The smallest absolute Gasteiger partial charge is 0.344 e. The maximum Gasteiger partial charge on any atom is 0.344 e. The van der Waals surface area contributed by atoms with Crippen LogP contribution in [0.5, 0.6) is 17.4 Å². The lowest BCUT2D eigenvalue weighted by Crippen LogP contribution is -2.22. The second-order valence-corrected chi connectivity index (χ2v) is 5.59. The van der Waals surface area contributed by atoms with Crippen LogP contribution < -0.4 is 9.47 Å². The largest absolute Gasteiger partial charge is 0.479 e. The molecule has 0 radical (unpaired) electrons. The van der Waals surface area contributed by atoms with Crippen LogP contribution in [0, 0.1) is 0 Å². The average Bonchev–Trinajstić information content (AvgIpc) is 2.56. The average molecular weight is 344 g/mol. The minimum atomic E-state index is -1.02. The molecule has 1 N–H and O–H groups in total. The van der Waals surface area contributed by atoms with Gasteiger partial charge in [0.15, 0.2) is 6.10 Å². The molecule has 1 heterocycles. The maximum atomic E-state index is 10.8. The maximum absolute atomic E-state index is 10.8. The summed E-state index contributed by atoms with van der Waals surface area (Å²) in [6.07, 6.45) is -0.911. The number of halogens is 1. The normalized spacial score (nSPS) is 11.9. The Morgan fingerprint density at radius 2 is 1.79 bits per heavy atom. The number of hydrogen-bond donors (Lipinski definition) is 1. The van der Waals surface area contributed by atoms with Crippen molar-refractivity contribution in [2.24, 2.45) is 0 Å². The highest BCUT2D eigenvalue weighted by molar-refractivity contribution is 6.31. The van der Waals surface area contributed by atoms with Crippen molar-refractivity contribution in [2.75, 3.05) is 0 Å². The monoisotopic (exact) mass is 343 g/mol. The second kappa shape index (κ2) is 6.76. The lowest BCUT2D eigenvalue weighted by atomic mass is 10.2. The van der Waals surface area contributed by atoms with Crippen molar-refractivity contribution >= 4 is 28.5 Å². The van der Waals surface area contributed by atoms with E-state index in [1.165, 1.54) is 6.92 Å². The highest BCUT2D eigenvalue weighted by Crippen LogP contribution is 2.26. The van der Waals surface area contributed by atoms with Gasteiger partial charge in [-0.2, -0.15) is 0 Å². The molecule has 0 aliphatic carbocycles. The predicted molar refractivity (Wildman–Crippen MR) is 91.0 cm³/mol. The van der Waals surface area contributed by atoms with E-state index < -0.39 is 12.1 Å². The molecule has 3 rings (SSSR count). The van der Waals surface area contributed by atoms with Crippen LogP contribution in [0.1, 0.15) is 6.92 Å². The first-order valence-corrected chi connectivity index (χ1v) is 7.63. The van der Waals surface area contributed by atoms with E-state index >= 15 is 0 Å². The highest BCUT2D eigenvalue weighted by atomic mass is 35.5. The first-order chi connectivity index (χ1) is 11.5. The Morgan fingerprint density at radius 3 is 2.50 bits per heavy atom. The fourth-order valence-corrected chi connectivity index (χ4v) is 2.28. The third-order valence-electron chi connectivity index (χ3n) is 3.33. The van der Waals surface area contributed by atoms with Crippen LogP contribution in [-0.2, 0) is 4.79 Å². The van der Waals surface area contributed by atoms with Gasteiger partial charge >= 0.3 is 5.97 Å². The summed E-state index contributed by atoms with van der Waals surface area (Å²) in [5, 5.41) is 10.4. The summed E-state index contributed by atoms with van der Waals surface area (Å²) in [6, 6.07) is 15.8. The summed E-state index contributed by atoms with van der Waals surface area (Å²) in [5.41, 5.74) is 0.784. The second-order valence-electron chi connectivity index (χ2n) is 5.16. The summed E-state index contributed by atoms with van der Waals surface area (Å²) in [7, 11) is 0. The number of benzene rings is 2. The molecular weight excluding hydrogens is 330 g/mol.